The lowest BCUT2D eigenvalue weighted by molar-refractivity contribution is -0.153. The predicted molar refractivity (Wildman–Crippen MR) is 173 cm³/mol. The van der Waals surface area contributed by atoms with Gasteiger partial charge in [0.05, 0.1) is 27.8 Å². The number of phenolic OH excluding ortho intramolecular Hbond substituents is 1. The number of anilines is 1. The summed E-state index contributed by atoms with van der Waals surface area (Å²) in [5.74, 6) is -2.07. The summed E-state index contributed by atoms with van der Waals surface area (Å²) in [6, 6.07) is 6.90. The number of aromatic hydroxyl groups is 1. The molecule has 3 aliphatic carbocycles. The van der Waals surface area contributed by atoms with Crippen LogP contribution >= 0.6 is 0 Å². The molecule has 1 saturated carbocycles. The summed E-state index contributed by atoms with van der Waals surface area (Å²) in [6.45, 7) is 1.85. The number of aliphatic hydroxyl groups is 3. The highest BCUT2D eigenvalue weighted by molar-refractivity contribution is 7.91. The fraction of sp³-hybridized carbons (Fsp3) is 0.382. The molecule has 248 valence electrons. The smallest absolute Gasteiger partial charge is 0.255 e. The van der Waals surface area contributed by atoms with Crippen molar-refractivity contribution in [2.45, 2.75) is 42.7 Å². The van der Waals surface area contributed by atoms with Crippen LogP contribution in [0.5, 0.6) is 5.75 Å². The molecule has 0 radical (unpaired) electrons. The number of sulfone groups is 1. The number of aliphatic hydroxyl groups excluding tert-OH is 2. The first-order valence-corrected chi connectivity index (χ1v) is 16.6. The number of nitrogens with two attached hydrogens (primary N) is 1. The fourth-order valence-electron chi connectivity index (χ4n) is 6.99. The maximum Gasteiger partial charge on any atom is 0.255 e. The van der Waals surface area contributed by atoms with Gasteiger partial charge < -0.3 is 31.1 Å². The van der Waals surface area contributed by atoms with Crippen molar-refractivity contribution in [3.05, 3.63) is 69.5 Å². The summed E-state index contributed by atoms with van der Waals surface area (Å²) in [5.41, 5.74) is 3.44. The third-order valence-corrected chi connectivity index (χ3v) is 11.0. The van der Waals surface area contributed by atoms with Crippen LogP contribution in [0.1, 0.15) is 35.1 Å². The summed E-state index contributed by atoms with van der Waals surface area (Å²) < 4.78 is 25.5. The SMILES string of the molecule is Cc1ccc(S(=O)(=O)CCC#Cc2cc(N(C)C)c3c(c2O)C(O)=C2C(=O)[C@]4(O)C(O)=C(C(N)=O)C(=O)[C@@H](N(C)C)C4CC2C3)cc1. The fourth-order valence-corrected chi connectivity index (χ4v) is 8.15. The van der Waals surface area contributed by atoms with Crippen LogP contribution in [0.25, 0.3) is 5.76 Å². The Morgan fingerprint density at radius 1 is 1.09 bits per heavy atom. The van der Waals surface area contributed by atoms with Gasteiger partial charge in [-0.05, 0) is 63.5 Å². The minimum atomic E-state index is -3.61. The number of hydrogen-bond donors (Lipinski definition) is 5. The van der Waals surface area contributed by atoms with Gasteiger partial charge in [0.2, 0.25) is 5.78 Å². The number of primary amides is 1. The van der Waals surface area contributed by atoms with Gasteiger partial charge in [-0.3, -0.25) is 19.3 Å². The monoisotopic (exact) mass is 663 g/mol. The maximum atomic E-state index is 14.1. The van der Waals surface area contributed by atoms with Crippen LogP contribution in [0, 0.1) is 30.6 Å². The molecule has 0 bridgehead atoms. The first kappa shape index (κ1) is 33.7. The molecule has 2 aromatic carbocycles. The van der Waals surface area contributed by atoms with Crippen molar-refractivity contribution in [2.75, 3.05) is 38.8 Å². The Balaban J connectivity index is 1.59. The van der Waals surface area contributed by atoms with E-state index in [2.05, 4.69) is 11.8 Å². The van der Waals surface area contributed by atoms with Crippen molar-refractivity contribution < 1.29 is 43.2 Å². The second kappa shape index (κ2) is 11.9. The van der Waals surface area contributed by atoms with Gasteiger partial charge in [-0.2, -0.15) is 0 Å². The molecule has 0 aliphatic heterocycles. The van der Waals surface area contributed by atoms with Crippen LogP contribution < -0.4 is 10.6 Å². The number of fused-ring (bicyclic) bond motifs is 3. The van der Waals surface area contributed by atoms with Crippen LogP contribution in [0.2, 0.25) is 0 Å². The van der Waals surface area contributed by atoms with Crippen LogP contribution in [-0.2, 0) is 30.6 Å². The zero-order valence-electron chi connectivity index (χ0n) is 26.7. The molecule has 6 N–H and O–H groups in total. The van der Waals surface area contributed by atoms with E-state index in [1.54, 1.807) is 37.2 Å². The normalized spacial score (nSPS) is 23.9. The van der Waals surface area contributed by atoms with Gasteiger partial charge in [0.15, 0.2) is 21.2 Å². The van der Waals surface area contributed by atoms with Crippen LogP contribution in [0.4, 0.5) is 5.69 Å². The van der Waals surface area contributed by atoms with Crippen molar-refractivity contribution >= 4 is 38.8 Å². The van der Waals surface area contributed by atoms with Gasteiger partial charge in [0, 0.05) is 37.7 Å². The molecule has 0 spiro atoms. The Bertz CT molecular complexity index is 1950. The zero-order valence-corrected chi connectivity index (χ0v) is 27.5. The average molecular weight is 664 g/mol. The number of hydrogen-bond acceptors (Lipinski definition) is 11. The molecule has 47 heavy (non-hydrogen) atoms. The van der Waals surface area contributed by atoms with Crippen molar-refractivity contribution in [3.8, 4) is 17.6 Å². The van der Waals surface area contributed by atoms with Crippen LogP contribution in [-0.4, -0.2) is 96.8 Å². The number of ketones is 2. The highest BCUT2D eigenvalue weighted by Gasteiger charge is 2.64. The molecule has 5 rings (SSSR count). The van der Waals surface area contributed by atoms with Gasteiger partial charge in [-0.15, -0.1) is 0 Å². The van der Waals surface area contributed by atoms with E-state index in [1.807, 2.05) is 6.92 Å². The molecule has 1 amide bonds. The highest BCUT2D eigenvalue weighted by Crippen LogP contribution is 2.54. The number of rotatable bonds is 6. The lowest BCUT2D eigenvalue weighted by Gasteiger charge is -2.50. The van der Waals surface area contributed by atoms with Gasteiger partial charge in [0.1, 0.15) is 22.8 Å². The lowest BCUT2D eigenvalue weighted by atomic mass is 9.57. The van der Waals surface area contributed by atoms with Crippen molar-refractivity contribution in [2.24, 2.45) is 17.6 Å². The predicted octanol–water partition coefficient (Wildman–Crippen LogP) is 1.55. The van der Waals surface area contributed by atoms with E-state index in [-0.39, 0.29) is 46.6 Å². The molecule has 0 saturated heterocycles. The van der Waals surface area contributed by atoms with E-state index in [4.69, 9.17) is 5.73 Å². The Hall–Kier alpha value is -4.64. The van der Waals surface area contributed by atoms with E-state index in [0.29, 0.717) is 11.3 Å². The molecule has 2 unspecified atom stereocenters. The lowest BCUT2D eigenvalue weighted by Crippen LogP contribution is -2.65. The molecule has 4 atom stereocenters. The van der Waals surface area contributed by atoms with Crippen LogP contribution in [0.3, 0.4) is 0 Å². The molecule has 13 heteroatoms. The molecule has 2 aromatic rings. The number of Topliss-reactive ketones (excluding diaryl/α,β-unsaturated/α-hetero) is 2. The summed E-state index contributed by atoms with van der Waals surface area (Å²) in [4.78, 5) is 43.0. The first-order valence-electron chi connectivity index (χ1n) is 14.9. The standard InChI is InChI=1S/C34H37N3O9S/c1-17-9-11-20(12-10-17)47(45,46)13-7-6-8-18-16-23(36(2)3)21-14-19-15-22-27(37(4)5)30(40)26(33(35)43)32(42)34(22,44)31(41)24(19)29(39)25(21)28(18)38/h9-12,16,19,22,27,38-39,42,44H,7,13-15H2,1-5H3,(H2,35,43)/t19?,22?,27-,34-/m0/s1. The molecule has 1 fully saturated rings. The number of carbonyl (C=O) groups is 3. The van der Waals surface area contributed by atoms with E-state index in [9.17, 15) is 43.2 Å². The quantitative estimate of drug-likeness (QED) is 0.222. The molecule has 0 aromatic heterocycles. The summed E-state index contributed by atoms with van der Waals surface area (Å²) >= 11 is 0. The molecular weight excluding hydrogens is 626 g/mol. The number of phenols is 1. The third-order valence-electron chi connectivity index (χ3n) is 9.28. The second-order valence-electron chi connectivity index (χ2n) is 12.7. The van der Waals surface area contributed by atoms with Gasteiger partial charge >= 0.3 is 0 Å². The van der Waals surface area contributed by atoms with Gasteiger partial charge in [0.25, 0.3) is 5.91 Å². The largest absolute Gasteiger partial charge is 0.508 e. The van der Waals surface area contributed by atoms with Crippen molar-refractivity contribution in [3.63, 3.8) is 0 Å². The highest BCUT2D eigenvalue weighted by atomic mass is 32.2. The zero-order chi connectivity index (χ0) is 34.7. The third kappa shape index (κ3) is 5.36. The number of nitrogens with zero attached hydrogens (tertiary/aromatic N) is 2. The Labute approximate surface area is 272 Å². The van der Waals surface area contributed by atoms with E-state index < -0.39 is 73.6 Å². The second-order valence-corrected chi connectivity index (χ2v) is 14.8. The van der Waals surface area contributed by atoms with Crippen molar-refractivity contribution in [1.29, 1.82) is 0 Å². The van der Waals surface area contributed by atoms with E-state index in [1.165, 1.54) is 31.1 Å². The number of amides is 1. The number of aryl methyl sites for hydroxylation is 1. The van der Waals surface area contributed by atoms with Gasteiger partial charge in [-0.1, -0.05) is 29.5 Å². The molecular formula is C34H37N3O9S. The minimum Gasteiger partial charge on any atom is -0.508 e. The summed E-state index contributed by atoms with van der Waals surface area (Å²) in [5, 5.41) is 45.9. The Morgan fingerprint density at radius 3 is 2.30 bits per heavy atom. The summed E-state index contributed by atoms with van der Waals surface area (Å²) in [6.07, 6.45) is 0.0418. The molecule has 3 aliphatic rings. The minimum absolute atomic E-state index is 0.0313. The Morgan fingerprint density at radius 2 is 1.72 bits per heavy atom. The number of carbonyl (C=O) groups excluding carboxylic acids is 3. The topological polar surface area (TPSA) is 199 Å². The molecule has 12 nitrogen and oxygen atoms in total. The van der Waals surface area contributed by atoms with Crippen molar-refractivity contribution in [1.82, 2.24) is 4.90 Å². The molecule has 0 heterocycles. The van der Waals surface area contributed by atoms with E-state index >= 15 is 0 Å². The maximum absolute atomic E-state index is 14.1. The Kier molecular flexibility index (Phi) is 8.51. The van der Waals surface area contributed by atoms with E-state index in [0.717, 1.165) is 5.56 Å². The summed E-state index contributed by atoms with van der Waals surface area (Å²) in [7, 11) is 2.96. The van der Waals surface area contributed by atoms with Crippen LogP contribution in [0.15, 0.2) is 52.1 Å². The van der Waals surface area contributed by atoms with Gasteiger partial charge in [-0.25, -0.2) is 8.42 Å². The average Bonchev–Trinajstić information content (AvgIpc) is 2.97. The number of benzene rings is 2. The first-order chi connectivity index (χ1) is 21.9. The number of likely N-dealkylation sites (N-methyl/N-ethyl adjacent to an activating group) is 1.